The molecule has 4 rings (SSSR count). The molecular formula is C22H29N3S. The van der Waals surface area contributed by atoms with E-state index in [-0.39, 0.29) is 0 Å². The van der Waals surface area contributed by atoms with Crippen LogP contribution in [0.2, 0.25) is 0 Å². The highest BCUT2D eigenvalue weighted by molar-refractivity contribution is 7.99. The van der Waals surface area contributed by atoms with Crippen molar-refractivity contribution in [3.63, 3.8) is 0 Å². The maximum Gasteiger partial charge on any atom is 0.147 e. The zero-order valence-electron chi connectivity index (χ0n) is 15.9. The molecule has 0 amide bonds. The van der Waals surface area contributed by atoms with Gasteiger partial charge in [0.05, 0.1) is 12.4 Å². The lowest BCUT2D eigenvalue weighted by Gasteiger charge is -2.42. The van der Waals surface area contributed by atoms with Gasteiger partial charge in [-0.1, -0.05) is 50.6 Å². The summed E-state index contributed by atoms with van der Waals surface area (Å²) in [5, 5.41) is 0.972. The van der Waals surface area contributed by atoms with Crippen molar-refractivity contribution in [2.45, 2.75) is 62.3 Å². The molecule has 26 heavy (non-hydrogen) atoms. The van der Waals surface area contributed by atoms with Gasteiger partial charge in [-0.15, -0.1) is 0 Å². The van der Waals surface area contributed by atoms with Crippen LogP contribution in [0.15, 0.2) is 46.6 Å². The number of nitrogens with zero attached hydrogens (tertiary/aromatic N) is 3. The van der Waals surface area contributed by atoms with Crippen LogP contribution < -0.4 is 4.90 Å². The van der Waals surface area contributed by atoms with E-state index >= 15 is 0 Å². The Morgan fingerprint density at radius 1 is 1.15 bits per heavy atom. The Balaban J connectivity index is 1.39. The normalized spacial score (nSPS) is 22.1. The van der Waals surface area contributed by atoms with E-state index in [0.717, 1.165) is 36.3 Å². The minimum Gasteiger partial charge on any atom is -0.355 e. The van der Waals surface area contributed by atoms with Crippen molar-refractivity contribution in [1.82, 2.24) is 9.97 Å². The van der Waals surface area contributed by atoms with E-state index in [9.17, 15) is 0 Å². The molecular weight excluding hydrogens is 338 g/mol. The number of aryl methyl sites for hydroxylation is 1. The molecule has 1 aliphatic heterocycles. The van der Waals surface area contributed by atoms with E-state index in [1.807, 2.05) is 12.4 Å². The number of hydrogen-bond donors (Lipinski definition) is 0. The summed E-state index contributed by atoms with van der Waals surface area (Å²) in [6.45, 7) is 6.91. The summed E-state index contributed by atoms with van der Waals surface area (Å²) >= 11 is 1.70. The maximum absolute atomic E-state index is 4.72. The molecule has 138 valence electrons. The molecule has 0 radical (unpaired) electrons. The second-order valence-corrected chi connectivity index (χ2v) is 9.05. The maximum atomic E-state index is 4.72. The van der Waals surface area contributed by atoms with Crippen molar-refractivity contribution in [3.8, 4) is 0 Å². The molecule has 1 saturated carbocycles. The van der Waals surface area contributed by atoms with Gasteiger partial charge in [0.1, 0.15) is 10.8 Å². The van der Waals surface area contributed by atoms with Gasteiger partial charge >= 0.3 is 0 Å². The van der Waals surface area contributed by atoms with E-state index in [0.29, 0.717) is 5.41 Å². The van der Waals surface area contributed by atoms with E-state index < -0.39 is 0 Å². The van der Waals surface area contributed by atoms with E-state index in [4.69, 9.17) is 4.98 Å². The Bertz CT molecular complexity index is 735. The van der Waals surface area contributed by atoms with Gasteiger partial charge < -0.3 is 4.90 Å². The summed E-state index contributed by atoms with van der Waals surface area (Å²) < 4.78 is 0. The van der Waals surface area contributed by atoms with Crippen molar-refractivity contribution in [2.75, 3.05) is 18.0 Å². The third kappa shape index (κ3) is 3.62. The number of anilines is 1. The second kappa shape index (κ2) is 7.59. The van der Waals surface area contributed by atoms with Crippen LogP contribution in [0.5, 0.6) is 0 Å². The predicted molar refractivity (Wildman–Crippen MR) is 109 cm³/mol. The zero-order chi connectivity index (χ0) is 18.0. The molecule has 2 aliphatic rings. The summed E-state index contributed by atoms with van der Waals surface area (Å²) in [5.74, 6) is 1.94. The third-order valence-electron chi connectivity index (χ3n) is 6.58. The Kier molecular flexibility index (Phi) is 5.21. The molecule has 2 fully saturated rings. The largest absolute Gasteiger partial charge is 0.355 e. The molecule has 3 nitrogen and oxygen atoms in total. The lowest BCUT2D eigenvalue weighted by atomic mass is 9.71. The van der Waals surface area contributed by atoms with Crippen LogP contribution in [0, 0.1) is 11.3 Å². The van der Waals surface area contributed by atoms with Gasteiger partial charge in [0, 0.05) is 18.0 Å². The molecule has 0 unspecified atom stereocenters. The highest BCUT2D eigenvalue weighted by Crippen LogP contribution is 2.50. The number of aromatic nitrogens is 2. The molecule has 1 saturated heterocycles. The number of piperidine rings is 1. The van der Waals surface area contributed by atoms with E-state index in [1.54, 1.807) is 11.8 Å². The van der Waals surface area contributed by atoms with Crippen LogP contribution in [0.3, 0.4) is 0 Å². The third-order valence-corrected chi connectivity index (χ3v) is 7.49. The van der Waals surface area contributed by atoms with Gasteiger partial charge in [0.2, 0.25) is 0 Å². The highest BCUT2D eigenvalue weighted by Gasteiger charge is 2.42. The molecule has 0 N–H and O–H groups in total. The number of rotatable bonds is 4. The van der Waals surface area contributed by atoms with Gasteiger partial charge in [0.25, 0.3) is 0 Å². The first kappa shape index (κ1) is 17.8. The average Bonchev–Trinajstić information content (AvgIpc) is 3.03. The second-order valence-electron chi connectivity index (χ2n) is 7.96. The van der Waals surface area contributed by atoms with Gasteiger partial charge in [-0.2, -0.15) is 0 Å². The van der Waals surface area contributed by atoms with Crippen LogP contribution >= 0.6 is 11.8 Å². The lowest BCUT2D eigenvalue weighted by molar-refractivity contribution is 0.161. The fourth-order valence-electron chi connectivity index (χ4n) is 4.71. The molecule has 0 bridgehead atoms. The Labute approximate surface area is 161 Å². The van der Waals surface area contributed by atoms with Crippen LogP contribution in [-0.4, -0.2) is 23.1 Å². The van der Waals surface area contributed by atoms with Crippen molar-refractivity contribution in [1.29, 1.82) is 0 Å². The summed E-state index contributed by atoms with van der Waals surface area (Å²) in [7, 11) is 0. The fraction of sp³-hybridized carbons (Fsp3) is 0.545. The predicted octanol–water partition coefficient (Wildman–Crippen LogP) is 5.60. The molecule has 2 aromatic rings. The van der Waals surface area contributed by atoms with Gasteiger partial charge in [-0.3, -0.25) is 0 Å². The van der Waals surface area contributed by atoms with E-state index in [1.165, 1.54) is 42.6 Å². The highest BCUT2D eigenvalue weighted by atomic mass is 32.2. The summed E-state index contributed by atoms with van der Waals surface area (Å²) in [6.07, 6.45) is 11.9. The molecule has 4 heteroatoms. The summed E-state index contributed by atoms with van der Waals surface area (Å²) in [4.78, 5) is 13.0. The van der Waals surface area contributed by atoms with E-state index in [2.05, 4.69) is 48.0 Å². The first-order valence-corrected chi connectivity index (χ1v) is 10.8. The van der Waals surface area contributed by atoms with Crippen molar-refractivity contribution in [2.24, 2.45) is 11.3 Å². The molecule has 1 spiro atoms. The van der Waals surface area contributed by atoms with Gasteiger partial charge in [0.15, 0.2) is 0 Å². The van der Waals surface area contributed by atoms with Crippen molar-refractivity contribution < 1.29 is 0 Å². The number of benzene rings is 1. The summed E-state index contributed by atoms with van der Waals surface area (Å²) in [6, 6.07) is 8.68. The van der Waals surface area contributed by atoms with Crippen molar-refractivity contribution >= 4 is 17.6 Å². The lowest BCUT2D eigenvalue weighted by Crippen LogP contribution is -2.41. The first-order valence-electron chi connectivity index (χ1n) is 10.0. The quantitative estimate of drug-likeness (QED) is 0.704. The zero-order valence-corrected chi connectivity index (χ0v) is 16.8. The monoisotopic (exact) mass is 367 g/mol. The molecule has 2 heterocycles. The fourth-order valence-corrected chi connectivity index (χ4v) is 5.52. The topological polar surface area (TPSA) is 29.0 Å². The Morgan fingerprint density at radius 2 is 2.00 bits per heavy atom. The Hall–Kier alpha value is -1.55. The van der Waals surface area contributed by atoms with Crippen LogP contribution in [0.25, 0.3) is 0 Å². The molecule has 1 aliphatic carbocycles. The summed E-state index contributed by atoms with van der Waals surface area (Å²) in [5.41, 5.74) is 1.98. The first-order chi connectivity index (χ1) is 12.7. The SMILES string of the molecule is CCc1cccc(Sc2cnc(N3CCC4(CCC[C@H]4C)CC3)cn2)c1. The van der Waals surface area contributed by atoms with Crippen LogP contribution in [0.1, 0.15) is 51.5 Å². The molecule has 1 aromatic carbocycles. The van der Waals surface area contributed by atoms with Crippen LogP contribution in [0.4, 0.5) is 5.82 Å². The minimum absolute atomic E-state index is 0.615. The molecule has 1 aromatic heterocycles. The van der Waals surface area contributed by atoms with Gasteiger partial charge in [-0.05, 0) is 54.7 Å². The number of hydrogen-bond acceptors (Lipinski definition) is 4. The minimum atomic E-state index is 0.615. The van der Waals surface area contributed by atoms with Crippen LogP contribution in [-0.2, 0) is 6.42 Å². The molecule has 1 atom stereocenters. The van der Waals surface area contributed by atoms with Gasteiger partial charge in [-0.25, -0.2) is 9.97 Å². The van der Waals surface area contributed by atoms with Crippen molar-refractivity contribution in [3.05, 3.63) is 42.2 Å². The standard InChI is InChI=1S/C22H29N3S/c1-3-18-7-4-8-19(14-18)26-21-16-23-20(15-24-21)25-12-10-22(11-13-25)9-5-6-17(22)2/h4,7-8,14-17H,3,5-6,9-13H2,1-2H3/t17-/m1/s1. The average molecular weight is 368 g/mol. The Morgan fingerprint density at radius 3 is 2.65 bits per heavy atom. The smallest absolute Gasteiger partial charge is 0.147 e.